The molecule has 0 aliphatic rings. The molecule has 0 saturated heterocycles. The number of carboxylic acids is 1. The number of nitrogen functional groups attached to an aromatic ring is 1. The van der Waals surface area contributed by atoms with Crippen molar-refractivity contribution in [3.8, 4) is 11.1 Å². The largest absolute Gasteiger partial charge is 0.481 e. The smallest absolute Gasteiger partial charge is 0.419 e. The number of rotatable bonds is 6. The normalized spacial score (nSPS) is 12.7. The monoisotopic (exact) mass is 423 g/mol. The highest BCUT2D eigenvalue weighted by atomic mass is 19.4. The van der Waals surface area contributed by atoms with Crippen molar-refractivity contribution < 1.29 is 33.0 Å². The van der Waals surface area contributed by atoms with Crippen LogP contribution in [0.25, 0.3) is 16.8 Å². The lowest BCUT2D eigenvalue weighted by Gasteiger charge is -2.11. The number of carboxylic acid groups (broad SMARTS) is 1. The maximum absolute atomic E-state index is 13.1. The van der Waals surface area contributed by atoms with E-state index >= 15 is 0 Å². The van der Waals surface area contributed by atoms with E-state index in [2.05, 4.69) is 15.3 Å². The van der Waals surface area contributed by atoms with E-state index in [-0.39, 0.29) is 24.2 Å². The molecule has 12 heteroatoms. The van der Waals surface area contributed by atoms with Gasteiger partial charge in [0.2, 0.25) is 0 Å². The van der Waals surface area contributed by atoms with Crippen molar-refractivity contribution in [2.75, 3.05) is 11.1 Å². The zero-order valence-electron chi connectivity index (χ0n) is 15.2. The molecule has 3 aromatic rings. The van der Waals surface area contributed by atoms with Crippen LogP contribution in [0, 0.1) is 0 Å². The molecule has 0 aromatic carbocycles. The first-order valence-electron chi connectivity index (χ1n) is 8.57. The Hall–Kier alpha value is -3.67. The number of nitrogens with one attached hydrogen (secondary N) is 1. The number of fused-ring (bicyclic) bond motifs is 1. The van der Waals surface area contributed by atoms with E-state index in [9.17, 15) is 27.9 Å². The number of aromatic nitrogens is 3. The molecule has 9 nitrogen and oxygen atoms in total. The van der Waals surface area contributed by atoms with Crippen LogP contribution in [-0.2, 0) is 15.8 Å². The molecule has 5 N–H and O–H groups in total. The Bertz CT molecular complexity index is 1110. The first-order valence-corrected chi connectivity index (χ1v) is 8.57. The Kier molecular flexibility index (Phi) is 5.60. The van der Waals surface area contributed by atoms with Gasteiger partial charge in [0.25, 0.3) is 5.91 Å². The summed E-state index contributed by atoms with van der Waals surface area (Å²) in [4.78, 5) is 30.2. The van der Waals surface area contributed by atoms with Crippen LogP contribution < -0.4 is 11.1 Å². The van der Waals surface area contributed by atoms with Crippen molar-refractivity contribution in [3.05, 3.63) is 42.4 Å². The van der Waals surface area contributed by atoms with Gasteiger partial charge < -0.3 is 25.7 Å². The van der Waals surface area contributed by atoms with Gasteiger partial charge in [-0.3, -0.25) is 9.59 Å². The molecule has 0 bridgehead atoms. The minimum atomic E-state index is -4.65. The van der Waals surface area contributed by atoms with Crippen LogP contribution >= 0.6 is 0 Å². The topological polar surface area (TPSA) is 143 Å². The predicted octanol–water partition coefficient (Wildman–Crippen LogP) is 2.16. The number of carbonyl (C=O) groups is 2. The van der Waals surface area contributed by atoms with Crippen LogP contribution in [0.5, 0.6) is 0 Å². The molecule has 0 fully saturated rings. The van der Waals surface area contributed by atoms with E-state index in [0.717, 1.165) is 6.07 Å². The second kappa shape index (κ2) is 7.99. The minimum Gasteiger partial charge on any atom is -0.481 e. The summed E-state index contributed by atoms with van der Waals surface area (Å²) < 4.78 is 40.6. The third-order valence-corrected chi connectivity index (χ3v) is 4.19. The van der Waals surface area contributed by atoms with Crippen molar-refractivity contribution in [3.63, 3.8) is 0 Å². The zero-order valence-corrected chi connectivity index (χ0v) is 15.2. The molecule has 0 radical (unpaired) electrons. The Morgan fingerprint density at radius 2 is 1.97 bits per heavy atom. The van der Waals surface area contributed by atoms with E-state index in [1.807, 2.05) is 0 Å². The summed E-state index contributed by atoms with van der Waals surface area (Å²) in [5.41, 5.74) is 5.23. The fourth-order valence-electron chi connectivity index (χ4n) is 2.68. The van der Waals surface area contributed by atoms with Crippen molar-refractivity contribution in [2.45, 2.75) is 25.1 Å². The molecule has 0 aliphatic heterocycles. The van der Waals surface area contributed by atoms with E-state index in [1.54, 1.807) is 0 Å². The number of carbonyl (C=O) groups excluding carboxylic acids is 1. The quantitative estimate of drug-likeness (QED) is 0.476. The Balaban J connectivity index is 1.83. The number of hydrogen-bond acceptors (Lipinski definition) is 6. The van der Waals surface area contributed by atoms with E-state index in [0.29, 0.717) is 11.2 Å². The molecule has 3 aromatic heterocycles. The summed E-state index contributed by atoms with van der Waals surface area (Å²) in [6, 6.07) is 3.94. The molecule has 1 atom stereocenters. The van der Waals surface area contributed by atoms with Crippen LogP contribution in [-0.4, -0.2) is 42.6 Å². The van der Waals surface area contributed by atoms with Gasteiger partial charge in [0.15, 0.2) is 5.82 Å². The molecule has 0 spiro atoms. The van der Waals surface area contributed by atoms with E-state index in [4.69, 9.17) is 10.8 Å². The van der Waals surface area contributed by atoms with E-state index in [1.165, 1.54) is 35.1 Å². The lowest BCUT2D eigenvalue weighted by Crippen LogP contribution is -2.28. The van der Waals surface area contributed by atoms with Gasteiger partial charge in [0, 0.05) is 29.9 Å². The molecule has 0 unspecified atom stereocenters. The van der Waals surface area contributed by atoms with Gasteiger partial charge in [-0.05, 0) is 24.6 Å². The Morgan fingerprint density at radius 1 is 1.23 bits per heavy atom. The van der Waals surface area contributed by atoms with Crippen molar-refractivity contribution in [2.24, 2.45) is 0 Å². The lowest BCUT2D eigenvalue weighted by atomic mass is 10.1. The third-order valence-electron chi connectivity index (χ3n) is 4.19. The molecule has 0 saturated carbocycles. The maximum atomic E-state index is 13.1. The highest BCUT2D eigenvalue weighted by molar-refractivity contribution is 5.93. The molecule has 158 valence electrons. The van der Waals surface area contributed by atoms with Gasteiger partial charge in [-0.1, -0.05) is 0 Å². The van der Waals surface area contributed by atoms with Crippen LogP contribution in [0.3, 0.4) is 0 Å². The number of aliphatic hydroxyl groups is 1. The van der Waals surface area contributed by atoms with Gasteiger partial charge in [0.1, 0.15) is 17.6 Å². The van der Waals surface area contributed by atoms with E-state index < -0.39 is 35.5 Å². The molecule has 1 amide bonds. The number of aliphatic carboxylic acids is 1. The second-order valence-electron chi connectivity index (χ2n) is 6.40. The van der Waals surface area contributed by atoms with Gasteiger partial charge >= 0.3 is 12.1 Å². The highest BCUT2D eigenvalue weighted by Crippen LogP contribution is 2.35. The summed E-state index contributed by atoms with van der Waals surface area (Å²) in [7, 11) is 0. The number of amides is 1. The zero-order chi connectivity index (χ0) is 22.1. The first kappa shape index (κ1) is 21.0. The summed E-state index contributed by atoms with van der Waals surface area (Å²) in [6.45, 7) is 0. The molecular formula is C18H16F3N5O4. The van der Waals surface area contributed by atoms with Gasteiger partial charge in [-0.25, -0.2) is 9.97 Å². The second-order valence-corrected chi connectivity index (χ2v) is 6.40. The van der Waals surface area contributed by atoms with Gasteiger partial charge in [0.05, 0.1) is 11.8 Å². The molecule has 0 aliphatic carbocycles. The van der Waals surface area contributed by atoms with Crippen LogP contribution in [0.1, 0.15) is 18.4 Å². The third kappa shape index (κ3) is 4.66. The molecular weight excluding hydrogens is 407 g/mol. The number of pyridine rings is 2. The van der Waals surface area contributed by atoms with Gasteiger partial charge in [-0.15, -0.1) is 0 Å². The average Bonchev–Trinajstić information content (AvgIpc) is 3.06. The number of anilines is 2. The summed E-state index contributed by atoms with van der Waals surface area (Å²) in [5.74, 6) is -2.51. The number of nitrogens with two attached hydrogens (primary N) is 1. The number of hydrogen-bond donors (Lipinski definition) is 4. The number of imidazole rings is 1. The maximum Gasteiger partial charge on any atom is 0.419 e. The summed E-state index contributed by atoms with van der Waals surface area (Å²) in [6.07, 6.45) is -2.70. The Morgan fingerprint density at radius 3 is 2.63 bits per heavy atom. The number of halogens is 3. The SMILES string of the molecule is Nc1ncc(-c2ccc3nc(NC(=O)[C@@H](O)CCC(=O)O)cn3c2)cc1C(F)(F)F. The number of alkyl halides is 3. The van der Waals surface area contributed by atoms with Gasteiger partial charge in [-0.2, -0.15) is 13.2 Å². The summed E-state index contributed by atoms with van der Waals surface area (Å²) >= 11 is 0. The minimum absolute atomic E-state index is 0.0814. The highest BCUT2D eigenvalue weighted by Gasteiger charge is 2.34. The molecule has 3 heterocycles. The van der Waals surface area contributed by atoms with Crippen LogP contribution in [0.2, 0.25) is 0 Å². The molecule has 3 rings (SSSR count). The fourth-order valence-corrected chi connectivity index (χ4v) is 2.68. The Labute approximate surface area is 167 Å². The number of nitrogens with zero attached hydrogens (tertiary/aromatic N) is 3. The average molecular weight is 423 g/mol. The summed E-state index contributed by atoms with van der Waals surface area (Å²) in [5, 5.41) is 20.6. The predicted molar refractivity (Wildman–Crippen MR) is 99.3 cm³/mol. The lowest BCUT2D eigenvalue weighted by molar-refractivity contribution is -0.138. The fraction of sp³-hybridized carbons (Fsp3) is 0.222. The first-order chi connectivity index (χ1) is 14.0. The standard InChI is InChI=1S/C18H16F3N5O4/c19-18(20,21)11-5-10(6-23-16(11)22)9-1-3-14-24-13(8-26(14)7-9)25-17(30)12(27)2-4-15(28)29/h1,3,5-8,12,27H,2,4H2,(H2,22,23)(H,25,30)(H,28,29)/t12-/m0/s1. The molecule has 30 heavy (non-hydrogen) atoms. The van der Waals surface area contributed by atoms with Crippen LogP contribution in [0.15, 0.2) is 36.8 Å². The van der Waals surface area contributed by atoms with Crippen LogP contribution in [0.4, 0.5) is 24.8 Å². The number of aliphatic hydroxyl groups excluding tert-OH is 1. The van der Waals surface area contributed by atoms with Crippen molar-refractivity contribution in [1.82, 2.24) is 14.4 Å². The van der Waals surface area contributed by atoms with Crippen molar-refractivity contribution in [1.29, 1.82) is 0 Å². The van der Waals surface area contributed by atoms with Crippen molar-refractivity contribution >= 4 is 29.2 Å².